The van der Waals surface area contributed by atoms with Gasteiger partial charge in [-0.1, -0.05) is 18.2 Å². The van der Waals surface area contributed by atoms with Gasteiger partial charge in [-0.15, -0.1) is 5.10 Å². The maximum absolute atomic E-state index is 12.7. The minimum Gasteiger partial charge on any atom is -0.365 e. The van der Waals surface area contributed by atoms with Gasteiger partial charge in [0, 0.05) is 70.3 Å². The first kappa shape index (κ1) is 26.4. The summed E-state index contributed by atoms with van der Waals surface area (Å²) in [5, 5.41) is 21.9. The highest BCUT2D eigenvalue weighted by molar-refractivity contribution is 5.76. The van der Waals surface area contributed by atoms with Crippen LogP contribution in [0.5, 0.6) is 0 Å². The van der Waals surface area contributed by atoms with Crippen LogP contribution in [0.1, 0.15) is 24.0 Å². The number of carbonyl (C=O) groups excluding carboxylic acids is 1. The number of amides is 1. The van der Waals surface area contributed by atoms with Crippen molar-refractivity contribution >= 4 is 28.9 Å². The molecule has 42 heavy (non-hydrogen) atoms. The summed E-state index contributed by atoms with van der Waals surface area (Å²) in [5.41, 5.74) is 4.48. The highest BCUT2D eigenvalue weighted by Crippen LogP contribution is 2.35. The molecule has 2 atom stereocenters. The Morgan fingerprint density at radius 3 is 2.64 bits per heavy atom. The molecule has 2 unspecified atom stereocenters. The molecule has 2 bridgehead atoms. The van der Waals surface area contributed by atoms with Crippen LogP contribution in [-0.2, 0) is 17.9 Å². The molecule has 1 amide bonds. The lowest BCUT2D eigenvalue weighted by atomic mass is 10.1. The number of benzene rings is 1. The zero-order valence-corrected chi connectivity index (χ0v) is 23.8. The number of hydrogen-bond donors (Lipinski definition) is 1. The van der Waals surface area contributed by atoms with Crippen molar-refractivity contribution in [3.63, 3.8) is 0 Å². The monoisotopic (exact) mass is 565 g/mol. The number of fused-ring (bicyclic) bond motifs is 3. The summed E-state index contributed by atoms with van der Waals surface area (Å²) >= 11 is 0. The molecule has 12 heteroatoms. The highest BCUT2D eigenvalue weighted by Gasteiger charge is 2.40. The van der Waals surface area contributed by atoms with Crippen molar-refractivity contribution in [1.29, 1.82) is 5.26 Å². The van der Waals surface area contributed by atoms with Crippen LogP contribution in [-0.4, -0.2) is 103 Å². The molecule has 3 saturated heterocycles. The van der Waals surface area contributed by atoms with Gasteiger partial charge in [0.25, 0.3) is 0 Å². The molecule has 1 aromatic carbocycles. The number of hydrogen-bond acceptors (Lipinski definition) is 9. The molecule has 0 spiro atoms. The first-order chi connectivity index (χ1) is 20.5. The van der Waals surface area contributed by atoms with Crippen molar-refractivity contribution in [1.82, 2.24) is 39.1 Å². The van der Waals surface area contributed by atoms with Crippen LogP contribution in [0.3, 0.4) is 0 Å². The lowest BCUT2D eigenvalue weighted by Gasteiger charge is -2.42. The van der Waals surface area contributed by atoms with E-state index in [1.54, 1.807) is 10.9 Å². The van der Waals surface area contributed by atoms with Crippen LogP contribution >= 0.6 is 0 Å². The Labute approximate surface area is 244 Å². The number of anilines is 3. The minimum absolute atomic E-state index is 0.0802. The molecular formula is C30H35N11O. The summed E-state index contributed by atoms with van der Waals surface area (Å²) in [4.78, 5) is 26.7. The van der Waals surface area contributed by atoms with Gasteiger partial charge < -0.3 is 20.0 Å². The minimum atomic E-state index is 0.0802. The maximum Gasteiger partial charge on any atom is 0.247 e. The largest absolute Gasteiger partial charge is 0.365 e. The third kappa shape index (κ3) is 5.17. The van der Waals surface area contributed by atoms with Gasteiger partial charge in [-0.05, 0) is 43.7 Å². The van der Waals surface area contributed by atoms with Gasteiger partial charge in [-0.25, -0.2) is 4.52 Å². The zero-order chi connectivity index (χ0) is 28.6. The van der Waals surface area contributed by atoms with Crippen LogP contribution in [0.4, 0.5) is 17.3 Å². The van der Waals surface area contributed by atoms with Gasteiger partial charge in [0.1, 0.15) is 6.54 Å². The molecule has 0 aliphatic carbocycles. The summed E-state index contributed by atoms with van der Waals surface area (Å²) in [6.07, 6.45) is 7.74. The second-order valence-electron chi connectivity index (χ2n) is 11.6. The van der Waals surface area contributed by atoms with Crippen LogP contribution in [0.25, 0.3) is 5.65 Å². The number of carbonyl (C=O) groups is 1. The number of piperazine rings is 2. The first-order valence-corrected chi connectivity index (χ1v) is 14.6. The van der Waals surface area contributed by atoms with Crippen molar-refractivity contribution in [2.75, 3.05) is 56.5 Å². The molecule has 0 radical (unpaired) electrons. The fraction of sp³-hybridized carbons (Fsp3) is 0.433. The summed E-state index contributed by atoms with van der Waals surface area (Å²) in [5.74, 6) is 0.568. The number of rotatable bonds is 7. The van der Waals surface area contributed by atoms with Gasteiger partial charge in [0.2, 0.25) is 11.9 Å². The predicted octanol–water partition coefficient (Wildman–Crippen LogP) is 2.17. The Morgan fingerprint density at radius 1 is 1.07 bits per heavy atom. The second kappa shape index (κ2) is 11.1. The van der Waals surface area contributed by atoms with E-state index in [-0.39, 0.29) is 12.5 Å². The number of pyridine rings is 1. The van der Waals surface area contributed by atoms with Gasteiger partial charge in [0.05, 0.1) is 29.2 Å². The zero-order valence-electron chi connectivity index (χ0n) is 23.8. The molecule has 3 aromatic heterocycles. The molecular weight excluding hydrogens is 530 g/mol. The fourth-order valence-electron chi connectivity index (χ4n) is 6.54. The summed E-state index contributed by atoms with van der Waals surface area (Å²) in [6, 6.07) is 15.3. The van der Waals surface area contributed by atoms with Crippen molar-refractivity contribution in [3.8, 4) is 6.07 Å². The third-order valence-electron chi connectivity index (χ3n) is 8.85. The standard InChI is InChI=1S/C30H35N11O/c1-36-11-13-37(14-12-36)28(42)21-39-18-24(16-32-39)33-30-34-29-27(7-4-10-41(29)35-30)38-19-25-8-9-26(20-38)40(25)17-23-6-3-2-5-22(23)15-31/h2-7,10,16,18,25-26H,8-9,11-14,17,19-21H2,1H3,(H,33,35). The summed E-state index contributed by atoms with van der Waals surface area (Å²) in [7, 11) is 2.08. The number of aromatic nitrogens is 5. The van der Waals surface area contributed by atoms with Gasteiger partial charge in [-0.2, -0.15) is 15.3 Å². The van der Waals surface area contributed by atoms with E-state index in [4.69, 9.17) is 4.98 Å². The van der Waals surface area contributed by atoms with Crippen LogP contribution < -0.4 is 10.2 Å². The molecule has 0 saturated carbocycles. The van der Waals surface area contributed by atoms with Crippen molar-refractivity contribution < 1.29 is 4.79 Å². The lowest BCUT2D eigenvalue weighted by molar-refractivity contribution is -0.133. The van der Waals surface area contributed by atoms with Gasteiger partial charge in [0.15, 0.2) is 5.65 Å². The Hall–Kier alpha value is -4.47. The molecule has 4 aromatic rings. The molecule has 7 rings (SSSR count). The molecule has 12 nitrogen and oxygen atoms in total. The lowest BCUT2D eigenvalue weighted by Crippen LogP contribution is -2.53. The highest BCUT2D eigenvalue weighted by atomic mass is 16.2. The van der Waals surface area contributed by atoms with Crippen LogP contribution in [0, 0.1) is 11.3 Å². The molecule has 1 N–H and O–H groups in total. The Balaban J connectivity index is 1.03. The van der Waals surface area contributed by atoms with E-state index in [2.05, 4.69) is 55.5 Å². The van der Waals surface area contributed by atoms with Crippen molar-refractivity contribution in [2.45, 2.75) is 38.0 Å². The molecule has 216 valence electrons. The Kier molecular flexibility index (Phi) is 6.97. The summed E-state index contributed by atoms with van der Waals surface area (Å²) in [6.45, 7) is 6.14. The molecule has 6 heterocycles. The molecule has 3 aliphatic heterocycles. The van der Waals surface area contributed by atoms with E-state index in [0.29, 0.717) is 18.0 Å². The average Bonchev–Trinajstić information content (AvgIpc) is 3.68. The number of nitrogens with one attached hydrogen (secondary N) is 1. The van der Waals surface area contributed by atoms with Crippen LogP contribution in [0.15, 0.2) is 55.0 Å². The van der Waals surface area contributed by atoms with E-state index in [9.17, 15) is 10.1 Å². The van der Waals surface area contributed by atoms with Crippen molar-refractivity contribution in [3.05, 3.63) is 66.1 Å². The number of nitriles is 1. The first-order valence-electron chi connectivity index (χ1n) is 14.6. The average molecular weight is 566 g/mol. The topological polar surface area (TPSA) is 114 Å². The van der Waals surface area contributed by atoms with E-state index >= 15 is 0 Å². The predicted molar refractivity (Wildman–Crippen MR) is 158 cm³/mol. The molecule has 3 aliphatic rings. The SMILES string of the molecule is CN1CCN(C(=O)Cn2cc(Nc3nc4c(N5CC6CCC(C5)N6Cc5ccccc5C#N)cccn4n3)cn2)CC1. The van der Waals surface area contributed by atoms with E-state index in [1.165, 1.54) is 0 Å². The maximum atomic E-state index is 12.7. The molecule has 3 fully saturated rings. The van der Waals surface area contributed by atoms with E-state index in [1.807, 2.05) is 46.1 Å². The van der Waals surface area contributed by atoms with E-state index in [0.717, 1.165) is 86.8 Å². The summed E-state index contributed by atoms with van der Waals surface area (Å²) < 4.78 is 3.48. The van der Waals surface area contributed by atoms with Gasteiger partial charge >= 0.3 is 0 Å². The fourth-order valence-corrected chi connectivity index (χ4v) is 6.54. The number of nitrogens with zero attached hydrogens (tertiary/aromatic N) is 10. The Morgan fingerprint density at radius 2 is 1.86 bits per heavy atom. The van der Waals surface area contributed by atoms with Gasteiger partial charge in [-0.3, -0.25) is 14.4 Å². The normalized spacial score (nSPS) is 21.1. The third-order valence-corrected chi connectivity index (χ3v) is 8.85. The second-order valence-corrected chi connectivity index (χ2v) is 11.6. The smallest absolute Gasteiger partial charge is 0.247 e. The Bertz CT molecular complexity index is 1620. The van der Waals surface area contributed by atoms with E-state index < -0.39 is 0 Å². The number of likely N-dealkylation sites (N-methyl/N-ethyl adjacent to an activating group) is 1. The van der Waals surface area contributed by atoms with Crippen LogP contribution in [0.2, 0.25) is 0 Å². The quantitative estimate of drug-likeness (QED) is 0.360. The van der Waals surface area contributed by atoms with Crippen molar-refractivity contribution in [2.24, 2.45) is 0 Å².